The van der Waals surface area contributed by atoms with Crippen molar-refractivity contribution in [2.75, 3.05) is 11.9 Å². The molecule has 156 valence electrons. The van der Waals surface area contributed by atoms with E-state index in [0.29, 0.717) is 16.0 Å². The number of amidine groups is 1. The summed E-state index contributed by atoms with van der Waals surface area (Å²) in [6.07, 6.45) is 4.08. The summed E-state index contributed by atoms with van der Waals surface area (Å²) in [5.41, 5.74) is 5.96. The van der Waals surface area contributed by atoms with Crippen LogP contribution >= 0.6 is 11.8 Å². The van der Waals surface area contributed by atoms with Crippen LogP contribution in [-0.4, -0.2) is 23.7 Å². The van der Waals surface area contributed by atoms with Gasteiger partial charge in [0, 0.05) is 18.3 Å². The summed E-state index contributed by atoms with van der Waals surface area (Å²) in [6.45, 7) is 9.00. The van der Waals surface area contributed by atoms with E-state index in [1.54, 1.807) is 0 Å². The molecule has 0 spiro atoms. The van der Waals surface area contributed by atoms with E-state index in [1.165, 1.54) is 28.6 Å². The summed E-state index contributed by atoms with van der Waals surface area (Å²) in [4.78, 5) is 20.1. The zero-order chi connectivity index (χ0) is 21.5. The standard InChI is InChI=1S/C25H29N3OS/c1-6-17-7-10-19(11-8-17)26-24-27-23(29)22(30-24)14-18-9-12-21-20(13-18)16(2)15-25(3,4)28(21)5/h7-14,16H,6,15H2,1-5H3,(H,26,27,29)/b22-14+. The summed E-state index contributed by atoms with van der Waals surface area (Å²) in [6, 6.07) is 14.6. The van der Waals surface area contributed by atoms with Crippen LogP contribution in [0.25, 0.3) is 6.08 Å². The van der Waals surface area contributed by atoms with E-state index < -0.39 is 0 Å². The third-order valence-electron chi connectivity index (χ3n) is 6.18. The number of benzene rings is 2. The molecule has 0 bridgehead atoms. The molecule has 2 aliphatic heterocycles. The van der Waals surface area contributed by atoms with Crippen molar-refractivity contribution in [3.05, 3.63) is 64.1 Å². The molecular formula is C25H29N3OS. The van der Waals surface area contributed by atoms with Gasteiger partial charge in [-0.15, -0.1) is 0 Å². The number of nitrogens with one attached hydrogen (secondary N) is 1. The van der Waals surface area contributed by atoms with Crippen molar-refractivity contribution in [3.63, 3.8) is 0 Å². The lowest BCUT2D eigenvalue weighted by atomic mass is 9.80. The second kappa shape index (κ2) is 7.95. The van der Waals surface area contributed by atoms with Crippen molar-refractivity contribution >= 4 is 40.3 Å². The number of hydrogen-bond acceptors (Lipinski definition) is 4. The number of carbonyl (C=O) groups excluding carboxylic acids is 1. The van der Waals surface area contributed by atoms with Gasteiger partial charge in [-0.2, -0.15) is 0 Å². The molecule has 5 heteroatoms. The first-order chi connectivity index (χ1) is 14.3. The molecule has 2 aromatic rings. The number of rotatable bonds is 3. The lowest BCUT2D eigenvalue weighted by molar-refractivity contribution is -0.115. The first kappa shape index (κ1) is 20.7. The fraction of sp³-hybridized carbons (Fsp3) is 0.360. The number of nitrogens with zero attached hydrogens (tertiary/aromatic N) is 2. The molecule has 0 radical (unpaired) electrons. The minimum Gasteiger partial charge on any atom is -0.369 e. The van der Waals surface area contributed by atoms with E-state index in [2.05, 4.69) is 80.3 Å². The maximum absolute atomic E-state index is 12.5. The largest absolute Gasteiger partial charge is 0.369 e. The van der Waals surface area contributed by atoms with E-state index >= 15 is 0 Å². The molecule has 30 heavy (non-hydrogen) atoms. The van der Waals surface area contributed by atoms with E-state index in [1.807, 2.05) is 18.2 Å². The van der Waals surface area contributed by atoms with Crippen LogP contribution in [-0.2, 0) is 11.2 Å². The molecule has 2 aliphatic rings. The maximum atomic E-state index is 12.5. The average molecular weight is 420 g/mol. The molecule has 1 amide bonds. The van der Waals surface area contributed by atoms with Crippen molar-refractivity contribution in [2.24, 2.45) is 4.99 Å². The zero-order valence-corrected chi connectivity index (χ0v) is 19.1. The number of aryl methyl sites for hydroxylation is 1. The van der Waals surface area contributed by atoms with Crippen molar-refractivity contribution in [1.29, 1.82) is 0 Å². The van der Waals surface area contributed by atoms with Gasteiger partial charge in [0.2, 0.25) is 0 Å². The monoisotopic (exact) mass is 419 g/mol. The number of fused-ring (bicyclic) bond motifs is 1. The molecule has 4 rings (SSSR count). The topological polar surface area (TPSA) is 44.7 Å². The van der Waals surface area contributed by atoms with Gasteiger partial charge >= 0.3 is 0 Å². The van der Waals surface area contributed by atoms with E-state index in [-0.39, 0.29) is 11.4 Å². The Morgan fingerprint density at radius 3 is 2.67 bits per heavy atom. The van der Waals surface area contributed by atoms with Crippen molar-refractivity contribution in [3.8, 4) is 0 Å². The fourth-order valence-electron chi connectivity index (χ4n) is 4.24. The average Bonchev–Trinajstić information content (AvgIpc) is 3.05. The van der Waals surface area contributed by atoms with Crippen molar-refractivity contribution in [1.82, 2.24) is 5.32 Å². The van der Waals surface area contributed by atoms with Crippen LogP contribution in [0.4, 0.5) is 11.4 Å². The summed E-state index contributed by atoms with van der Waals surface area (Å²) in [5.74, 6) is 0.394. The molecular weight excluding hydrogens is 390 g/mol. The minimum absolute atomic E-state index is 0.0899. The van der Waals surface area contributed by atoms with Crippen LogP contribution in [0.2, 0.25) is 0 Å². The lowest BCUT2D eigenvalue weighted by Gasteiger charge is -2.45. The van der Waals surface area contributed by atoms with Crippen LogP contribution < -0.4 is 10.2 Å². The predicted molar refractivity (Wildman–Crippen MR) is 129 cm³/mol. The Morgan fingerprint density at radius 2 is 1.97 bits per heavy atom. The number of hydrogen-bond donors (Lipinski definition) is 1. The van der Waals surface area contributed by atoms with Crippen LogP contribution in [0.5, 0.6) is 0 Å². The summed E-state index contributed by atoms with van der Waals surface area (Å²) in [5, 5.41) is 3.52. The number of anilines is 1. The molecule has 0 saturated carbocycles. The minimum atomic E-state index is -0.0899. The number of aliphatic imine (C=N–C) groups is 1. The molecule has 1 N–H and O–H groups in total. The van der Waals surface area contributed by atoms with Gasteiger partial charge in [0.15, 0.2) is 5.17 Å². The highest BCUT2D eigenvalue weighted by Crippen LogP contribution is 2.43. The molecule has 1 atom stereocenters. The van der Waals surface area contributed by atoms with Gasteiger partial charge in [0.1, 0.15) is 0 Å². The van der Waals surface area contributed by atoms with Gasteiger partial charge in [-0.1, -0.05) is 32.0 Å². The van der Waals surface area contributed by atoms with Gasteiger partial charge < -0.3 is 10.2 Å². The normalized spacial score (nSPS) is 23.0. The lowest BCUT2D eigenvalue weighted by Crippen LogP contribution is -2.45. The number of carbonyl (C=O) groups is 1. The Kier molecular flexibility index (Phi) is 5.49. The van der Waals surface area contributed by atoms with Gasteiger partial charge in [0.05, 0.1) is 10.6 Å². The van der Waals surface area contributed by atoms with E-state index in [4.69, 9.17) is 0 Å². The second-order valence-electron chi connectivity index (χ2n) is 8.80. The molecule has 0 aromatic heterocycles. The highest BCUT2D eigenvalue weighted by Gasteiger charge is 2.34. The predicted octanol–water partition coefficient (Wildman–Crippen LogP) is 5.86. The molecule has 4 nitrogen and oxygen atoms in total. The van der Waals surface area contributed by atoms with Gasteiger partial charge in [0.25, 0.3) is 5.91 Å². The Hall–Kier alpha value is -2.53. The molecule has 2 aromatic carbocycles. The smallest absolute Gasteiger partial charge is 0.264 e. The van der Waals surface area contributed by atoms with E-state index in [0.717, 1.165) is 24.1 Å². The highest BCUT2D eigenvalue weighted by molar-refractivity contribution is 8.18. The summed E-state index contributed by atoms with van der Waals surface area (Å²) >= 11 is 1.40. The Bertz CT molecular complexity index is 1040. The Morgan fingerprint density at radius 1 is 1.23 bits per heavy atom. The van der Waals surface area contributed by atoms with Crippen LogP contribution in [0.15, 0.2) is 52.4 Å². The van der Waals surface area contributed by atoms with Crippen LogP contribution in [0, 0.1) is 0 Å². The summed E-state index contributed by atoms with van der Waals surface area (Å²) in [7, 11) is 2.17. The fourth-order valence-corrected chi connectivity index (χ4v) is 5.08. The first-order valence-electron chi connectivity index (χ1n) is 10.5. The van der Waals surface area contributed by atoms with Crippen molar-refractivity contribution < 1.29 is 4.79 Å². The van der Waals surface area contributed by atoms with Gasteiger partial charge in [-0.25, -0.2) is 4.99 Å². The third kappa shape index (κ3) is 4.04. The maximum Gasteiger partial charge on any atom is 0.264 e. The van der Waals surface area contributed by atoms with Crippen LogP contribution in [0.1, 0.15) is 56.7 Å². The Labute approximate surface area is 183 Å². The number of amides is 1. The van der Waals surface area contributed by atoms with Gasteiger partial charge in [-0.05, 0) is 91.4 Å². The quantitative estimate of drug-likeness (QED) is 0.634. The highest BCUT2D eigenvalue weighted by atomic mass is 32.2. The van der Waals surface area contributed by atoms with Gasteiger partial charge in [-0.3, -0.25) is 4.79 Å². The van der Waals surface area contributed by atoms with E-state index in [9.17, 15) is 4.79 Å². The first-order valence-corrected chi connectivity index (χ1v) is 11.3. The SMILES string of the molecule is CCc1ccc(N=C2NC(=O)/C(=C\c3ccc4c(c3)C(C)CC(C)(C)N4C)S2)cc1. The second-order valence-corrected chi connectivity index (χ2v) is 9.83. The summed E-state index contributed by atoms with van der Waals surface area (Å²) < 4.78 is 0. The molecule has 2 heterocycles. The molecule has 1 fully saturated rings. The molecule has 1 unspecified atom stereocenters. The third-order valence-corrected chi connectivity index (χ3v) is 7.09. The number of thioether (sulfide) groups is 1. The zero-order valence-electron chi connectivity index (χ0n) is 18.3. The van der Waals surface area contributed by atoms with Crippen LogP contribution in [0.3, 0.4) is 0 Å². The molecule has 0 aliphatic carbocycles. The Balaban J connectivity index is 1.57. The molecule has 1 saturated heterocycles. The van der Waals surface area contributed by atoms with Crippen molar-refractivity contribution in [2.45, 2.75) is 52.0 Å².